The highest BCUT2D eigenvalue weighted by Crippen LogP contribution is 2.20. The largest absolute Gasteiger partial charge is 0.388 e. The van der Waals surface area contributed by atoms with Crippen molar-refractivity contribution in [2.45, 2.75) is 19.4 Å². The predicted molar refractivity (Wildman–Crippen MR) is 63.1 cm³/mol. The van der Waals surface area contributed by atoms with E-state index in [0.717, 1.165) is 16.8 Å². The fraction of sp³-hybridized carbons (Fsp3) is 0.308. The van der Waals surface area contributed by atoms with Crippen molar-refractivity contribution in [2.24, 2.45) is 7.05 Å². The van der Waals surface area contributed by atoms with E-state index < -0.39 is 6.10 Å². The van der Waals surface area contributed by atoms with E-state index in [4.69, 9.17) is 0 Å². The van der Waals surface area contributed by atoms with E-state index in [1.165, 1.54) is 0 Å². The molecule has 3 nitrogen and oxygen atoms in total. The molecule has 1 N–H and O–H groups in total. The van der Waals surface area contributed by atoms with Crippen molar-refractivity contribution in [1.29, 1.82) is 0 Å². The van der Waals surface area contributed by atoms with Gasteiger partial charge in [0.15, 0.2) is 0 Å². The molecule has 0 saturated carbocycles. The summed E-state index contributed by atoms with van der Waals surface area (Å²) in [5.41, 5.74) is 3.01. The van der Waals surface area contributed by atoms with Gasteiger partial charge in [0.05, 0.1) is 11.8 Å². The first kappa shape index (κ1) is 10.9. The van der Waals surface area contributed by atoms with Gasteiger partial charge in [0.1, 0.15) is 0 Å². The van der Waals surface area contributed by atoms with Gasteiger partial charge < -0.3 is 5.11 Å². The topological polar surface area (TPSA) is 38.0 Å². The highest BCUT2D eigenvalue weighted by atomic mass is 16.3. The first-order valence-corrected chi connectivity index (χ1v) is 5.39. The summed E-state index contributed by atoms with van der Waals surface area (Å²) < 4.78 is 1.75. The molecular formula is C13H16N2O. The maximum atomic E-state index is 10.1. The second-order valence-electron chi connectivity index (χ2n) is 4.06. The number of aliphatic hydroxyl groups is 1. The summed E-state index contributed by atoms with van der Waals surface area (Å²) in [4.78, 5) is 0. The van der Waals surface area contributed by atoms with Gasteiger partial charge in [-0.25, -0.2) is 0 Å². The fourth-order valence-corrected chi connectivity index (χ4v) is 1.84. The molecule has 84 valence electrons. The van der Waals surface area contributed by atoms with Gasteiger partial charge >= 0.3 is 0 Å². The van der Waals surface area contributed by atoms with E-state index in [2.05, 4.69) is 5.10 Å². The average Bonchev–Trinajstić information content (AvgIpc) is 2.64. The number of aryl methyl sites for hydroxylation is 2. The molecule has 1 heterocycles. The molecular weight excluding hydrogens is 200 g/mol. The Morgan fingerprint density at radius 3 is 2.69 bits per heavy atom. The maximum absolute atomic E-state index is 10.1. The van der Waals surface area contributed by atoms with Gasteiger partial charge in [-0.05, 0) is 24.1 Å². The summed E-state index contributed by atoms with van der Waals surface area (Å²) in [6.45, 7) is 2.01. The monoisotopic (exact) mass is 216 g/mol. The molecule has 1 unspecified atom stereocenters. The minimum absolute atomic E-state index is 0.476. The smallest absolute Gasteiger partial charge is 0.0848 e. The molecule has 0 bridgehead atoms. The Morgan fingerprint density at radius 2 is 2.06 bits per heavy atom. The zero-order valence-corrected chi connectivity index (χ0v) is 9.59. The number of aromatic nitrogens is 2. The highest BCUT2D eigenvalue weighted by Gasteiger charge is 2.11. The summed E-state index contributed by atoms with van der Waals surface area (Å²) >= 11 is 0. The molecule has 1 aromatic heterocycles. The first-order valence-electron chi connectivity index (χ1n) is 5.39. The fourth-order valence-electron chi connectivity index (χ4n) is 1.84. The maximum Gasteiger partial charge on any atom is 0.0848 e. The molecule has 1 aromatic carbocycles. The second-order valence-corrected chi connectivity index (χ2v) is 4.06. The number of hydrogen-bond donors (Lipinski definition) is 1. The van der Waals surface area contributed by atoms with Gasteiger partial charge in [0.25, 0.3) is 0 Å². The summed E-state index contributed by atoms with van der Waals surface area (Å²) in [6, 6.07) is 9.83. The summed E-state index contributed by atoms with van der Waals surface area (Å²) in [5, 5.41) is 14.4. The molecule has 0 aliphatic rings. The van der Waals surface area contributed by atoms with Crippen molar-refractivity contribution in [3.8, 4) is 0 Å². The van der Waals surface area contributed by atoms with E-state index >= 15 is 0 Å². The molecule has 0 amide bonds. The van der Waals surface area contributed by atoms with Crippen LogP contribution >= 0.6 is 0 Å². The number of benzene rings is 1. The Balaban J connectivity index is 2.14. The Bertz CT molecular complexity index is 476. The third kappa shape index (κ3) is 2.31. The Kier molecular flexibility index (Phi) is 3.06. The number of aliphatic hydroxyl groups excluding tert-OH is 1. The quantitative estimate of drug-likeness (QED) is 0.852. The molecule has 0 saturated heterocycles. The van der Waals surface area contributed by atoms with Crippen molar-refractivity contribution in [2.75, 3.05) is 0 Å². The number of nitrogens with zero attached hydrogens (tertiary/aromatic N) is 2. The van der Waals surface area contributed by atoms with Gasteiger partial charge in [0.2, 0.25) is 0 Å². The van der Waals surface area contributed by atoms with Gasteiger partial charge in [-0.3, -0.25) is 4.68 Å². The van der Waals surface area contributed by atoms with Crippen LogP contribution in [0.3, 0.4) is 0 Å². The zero-order chi connectivity index (χ0) is 11.5. The van der Waals surface area contributed by atoms with E-state index in [9.17, 15) is 5.11 Å². The van der Waals surface area contributed by atoms with Crippen molar-refractivity contribution in [3.63, 3.8) is 0 Å². The average molecular weight is 216 g/mol. The molecule has 3 heteroatoms. The zero-order valence-electron chi connectivity index (χ0n) is 9.59. The van der Waals surface area contributed by atoms with Crippen LogP contribution in [-0.4, -0.2) is 14.9 Å². The van der Waals surface area contributed by atoms with Crippen LogP contribution in [0.4, 0.5) is 0 Å². The van der Waals surface area contributed by atoms with Crippen LogP contribution in [0.1, 0.15) is 22.9 Å². The van der Waals surface area contributed by atoms with Crippen LogP contribution in [-0.2, 0) is 13.5 Å². The van der Waals surface area contributed by atoms with Crippen molar-refractivity contribution in [1.82, 2.24) is 9.78 Å². The molecule has 0 spiro atoms. The van der Waals surface area contributed by atoms with Gasteiger partial charge in [-0.1, -0.05) is 24.3 Å². The lowest BCUT2D eigenvalue weighted by molar-refractivity contribution is 0.176. The lowest BCUT2D eigenvalue weighted by atomic mass is 10.0. The van der Waals surface area contributed by atoms with Crippen molar-refractivity contribution < 1.29 is 5.11 Å². The number of hydrogen-bond acceptors (Lipinski definition) is 2. The normalized spacial score (nSPS) is 12.7. The molecule has 0 aliphatic carbocycles. The minimum Gasteiger partial charge on any atom is -0.388 e. The van der Waals surface area contributed by atoms with E-state index in [0.29, 0.717) is 6.42 Å². The van der Waals surface area contributed by atoms with Crippen molar-refractivity contribution >= 4 is 0 Å². The summed E-state index contributed by atoms with van der Waals surface area (Å²) in [6.07, 6.45) is 1.97. The van der Waals surface area contributed by atoms with Gasteiger partial charge in [0, 0.05) is 19.7 Å². The van der Waals surface area contributed by atoms with Gasteiger partial charge in [-0.2, -0.15) is 5.10 Å². The van der Waals surface area contributed by atoms with Crippen LogP contribution in [0.15, 0.2) is 36.5 Å². The highest BCUT2D eigenvalue weighted by molar-refractivity contribution is 5.28. The Hall–Kier alpha value is -1.61. The minimum atomic E-state index is -0.476. The van der Waals surface area contributed by atoms with Crippen LogP contribution in [0.2, 0.25) is 0 Å². The molecule has 2 aromatic rings. The second kappa shape index (κ2) is 4.49. The standard InChI is InChI=1S/C13H16N2O/c1-10-5-3-4-6-12(10)13(16)9-11-7-8-15(2)14-11/h3-8,13,16H,9H2,1-2H3. The summed E-state index contributed by atoms with van der Waals surface area (Å²) in [7, 11) is 1.88. The molecule has 1 atom stereocenters. The third-order valence-corrected chi connectivity index (χ3v) is 2.72. The molecule has 0 radical (unpaired) electrons. The van der Waals surface area contributed by atoms with E-state index in [-0.39, 0.29) is 0 Å². The molecule has 0 aliphatic heterocycles. The number of rotatable bonds is 3. The van der Waals surface area contributed by atoms with Crippen LogP contribution in [0.5, 0.6) is 0 Å². The predicted octanol–water partition coefficient (Wildman–Crippen LogP) is 2.00. The molecule has 16 heavy (non-hydrogen) atoms. The Morgan fingerprint density at radius 1 is 1.31 bits per heavy atom. The van der Waals surface area contributed by atoms with Crippen LogP contribution in [0, 0.1) is 6.92 Å². The lowest BCUT2D eigenvalue weighted by Crippen LogP contribution is -2.04. The third-order valence-electron chi connectivity index (χ3n) is 2.72. The van der Waals surface area contributed by atoms with Crippen LogP contribution in [0.25, 0.3) is 0 Å². The molecule has 2 rings (SSSR count). The SMILES string of the molecule is Cc1ccccc1C(O)Cc1ccn(C)n1. The van der Waals surface area contributed by atoms with Crippen LogP contribution < -0.4 is 0 Å². The summed E-state index contributed by atoms with van der Waals surface area (Å²) in [5.74, 6) is 0. The Labute approximate surface area is 95.3 Å². The first-order chi connectivity index (χ1) is 7.66. The van der Waals surface area contributed by atoms with Gasteiger partial charge in [-0.15, -0.1) is 0 Å². The lowest BCUT2D eigenvalue weighted by Gasteiger charge is -2.12. The van der Waals surface area contributed by atoms with E-state index in [1.54, 1.807) is 4.68 Å². The molecule has 0 fully saturated rings. The van der Waals surface area contributed by atoms with E-state index in [1.807, 2.05) is 50.5 Å². The van der Waals surface area contributed by atoms with Crippen molar-refractivity contribution in [3.05, 3.63) is 53.3 Å².